The van der Waals surface area contributed by atoms with Gasteiger partial charge in [-0.05, 0) is 55.8 Å². The smallest absolute Gasteiger partial charge is 0.265 e. The third kappa shape index (κ3) is 4.39. The van der Waals surface area contributed by atoms with Crippen molar-refractivity contribution in [1.29, 1.82) is 0 Å². The van der Waals surface area contributed by atoms with Crippen molar-refractivity contribution >= 4 is 11.6 Å². The van der Waals surface area contributed by atoms with Crippen LogP contribution >= 0.6 is 0 Å². The molecule has 2 rings (SSSR count). The second kappa shape index (κ2) is 7.54. The van der Waals surface area contributed by atoms with Gasteiger partial charge in [0.1, 0.15) is 17.2 Å². The van der Waals surface area contributed by atoms with Crippen molar-refractivity contribution in [2.45, 2.75) is 20.0 Å². The third-order valence-electron chi connectivity index (χ3n) is 3.35. The predicted molar refractivity (Wildman–Crippen MR) is 89.4 cm³/mol. The van der Waals surface area contributed by atoms with Crippen LogP contribution in [0.5, 0.6) is 17.2 Å². The Labute approximate surface area is 136 Å². The molecule has 0 heterocycles. The summed E-state index contributed by atoms with van der Waals surface area (Å²) in [5, 5.41) is 2.83. The largest absolute Gasteiger partial charge is 0.497 e. The first-order valence-corrected chi connectivity index (χ1v) is 7.29. The molecule has 2 aromatic rings. The summed E-state index contributed by atoms with van der Waals surface area (Å²) in [4.78, 5) is 12.3. The number of hydrogen-bond donors (Lipinski definition) is 1. The minimum Gasteiger partial charge on any atom is -0.497 e. The number of carbonyl (C=O) groups is 1. The summed E-state index contributed by atoms with van der Waals surface area (Å²) < 4.78 is 16.0. The molecule has 0 aliphatic heterocycles. The number of hydrogen-bond acceptors (Lipinski definition) is 4. The molecule has 0 fully saturated rings. The Balaban J connectivity index is 2.03. The third-order valence-corrected chi connectivity index (χ3v) is 3.35. The fourth-order valence-corrected chi connectivity index (χ4v) is 2.07. The average Bonchev–Trinajstić information content (AvgIpc) is 2.55. The zero-order chi connectivity index (χ0) is 16.8. The van der Waals surface area contributed by atoms with E-state index in [1.807, 2.05) is 25.1 Å². The molecule has 0 saturated heterocycles. The zero-order valence-corrected chi connectivity index (χ0v) is 13.8. The van der Waals surface area contributed by atoms with Crippen LogP contribution in [0.2, 0.25) is 0 Å². The molecule has 0 spiro atoms. The first-order valence-electron chi connectivity index (χ1n) is 7.29. The zero-order valence-electron chi connectivity index (χ0n) is 13.8. The molecule has 5 heteroatoms. The van der Waals surface area contributed by atoms with E-state index in [1.54, 1.807) is 45.4 Å². The van der Waals surface area contributed by atoms with Crippen molar-refractivity contribution in [2.24, 2.45) is 0 Å². The van der Waals surface area contributed by atoms with Crippen LogP contribution in [-0.4, -0.2) is 26.2 Å². The van der Waals surface area contributed by atoms with Crippen LogP contribution in [0.25, 0.3) is 0 Å². The Bertz CT molecular complexity index is 667. The van der Waals surface area contributed by atoms with Crippen molar-refractivity contribution in [3.63, 3.8) is 0 Å². The SMILES string of the molecule is COc1ccc(O[C@@H](C)C(=O)Nc2cc(C)ccc2OC)cc1. The van der Waals surface area contributed by atoms with E-state index in [-0.39, 0.29) is 5.91 Å². The number of rotatable bonds is 6. The lowest BCUT2D eigenvalue weighted by Crippen LogP contribution is -2.30. The first kappa shape index (κ1) is 16.7. The molecule has 0 unspecified atom stereocenters. The van der Waals surface area contributed by atoms with E-state index in [1.165, 1.54) is 0 Å². The van der Waals surface area contributed by atoms with Crippen LogP contribution in [0.3, 0.4) is 0 Å². The monoisotopic (exact) mass is 315 g/mol. The molecule has 1 N–H and O–H groups in total. The lowest BCUT2D eigenvalue weighted by molar-refractivity contribution is -0.122. The van der Waals surface area contributed by atoms with Gasteiger partial charge in [-0.3, -0.25) is 4.79 Å². The molecular weight excluding hydrogens is 294 g/mol. The van der Waals surface area contributed by atoms with Gasteiger partial charge in [-0.25, -0.2) is 0 Å². The van der Waals surface area contributed by atoms with Gasteiger partial charge < -0.3 is 19.5 Å². The van der Waals surface area contributed by atoms with E-state index in [9.17, 15) is 4.79 Å². The molecule has 23 heavy (non-hydrogen) atoms. The Morgan fingerprint density at radius 1 is 1.00 bits per heavy atom. The Kier molecular flexibility index (Phi) is 5.46. The molecule has 0 aliphatic carbocycles. The highest BCUT2D eigenvalue weighted by molar-refractivity contribution is 5.95. The standard InChI is InChI=1S/C18H21NO4/c1-12-5-10-17(22-4)16(11-12)19-18(20)13(2)23-15-8-6-14(21-3)7-9-15/h5-11,13H,1-4H3,(H,19,20)/t13-/m0/s1. The molecule has 0 aliphatic rings. The molecule has 0 saturated carbocycles. The van der Waals surface area contributed by atoms with Gasteiger partial charge >= 0.3 is 0 Å². The summed E-state index contributed by atoms with van der Waals surface area (Å²) in [5.74, 6) is 1.70. The maximum Gasteiger partial charge on any atom is 0.265 e. The summed E-state index contributed by atoms with van der Waals surface area (Å²) in [6.45, 7) is 3.65. The Morgan fingerprint density at radius 3 is 2.26 bits per heavy atom. The van der Waals surface area contributed by atoms with E-state index in [0.717, 1.165) is 11.3 Å². The van der Waals surface area contributed by atoms with Gasteiger partial charge in [0.25, 0.3) is 5.91 Å². The summed E-state index contributed by atoms with van der Waals surface area (Å²) in [7, 11) is 3.17. The number of benzene rings is 2. The molecule has 1 amide bonds. The van der Waals surface area contributed by atoms with Gasteiger partial charge in [-0.2, -0.15) is 0 Å². The molecule has 2 aromatic carbocycles. The number of ether oxygens (including phenoxy) is 3. The van der Waals surface area contributed by atoms with Crippen LogP contribution in [-0.2, 0) is 4.79 Å². The second-order valence-corrected chi connectivity index (χ2v) is 5.13. The second-order valence-electron chi connectivity index (χ2n) is 5.13. The van der Waals surface area contributed by atoms with E-state index in [0.29, 0.717) is 17.2 Å². The molecule has 0 bridgehead atoms. The number of carbonyl (C=O) groups excluding carboxylic acids is 1. The summed E-state index contributed by atoms with van der Waals surface area (Å²) in [6, 6.07) is 12.7. The number of aryl methyl sites for hydroxylation is 1. The van der Waals surface area contributed by atoms with E-state index in [2.05, 4.69) is 5.32 Å². The summed E-state index contributed by atoms with van der Waals surface area (Å²) >= 11 is 0. The maximum absolute atomic E-state index is 12.3. The minimum absolute atomic E-state index is 0.246. The van der Waals surface area contributed by atoms with Crippen molar-refractivity contribution in [3.8, 4) is 17.2 Å². The van der Waals surface area contributed by atoms with Gasteiger partial charge in [0.15, 0.2) is 6.10 Å². The molecular formula is C18H21NO4. The number of amides is 1. The van der Waals surface area contributed by atoms with Crippen LogP contribution in [0.4, 0.5) is 5.69 Å². The van der Waals surface area contributed by atoms with Crippen molar-refractivity contribution < 1.29 is 19.0 Å². The van der Waals surface area contributed by atoms with Gasteiger partial charge in [-0.15, -0.1) is 0 Å². The lowest BCUT2D eigenvalue weighted by atomic mass is 10.2. The minimum atomic E-state index is -0.645. The highest BCUT2D eigenvalue weighted by Crippen LogP contribution is 2.25. The fourth-order valence-electron chi connectivity index (χ4n) is 2.07. The van der Waals surface area contributed by atoms with Gasteiger partial charge in [0.2, 0.25) is 0 Å². The Morgan fingerprint density at radius 2 is 1.65 bits per heavy atom. The van der Waals surface area contributed by atoms with E-state index >= 15 is 0 Å². The first-order chi connectivity index (χ1) is 11.0. The highest BCUT2D eigenvalue weighted by Gasteiger charge is 2.16. The molecule has 0 aromatic heterocycles. The van der Waals surface area contributed by atoms with Crippen LogP contribution in [0.15, 0.2) is 42.5 Å². The maximum atomic E-state index is 12.3. The molecule has 1 atom stereocenters. The molecule has 122 valence electrons. The van der Waals surface area contributed by atoms with Crippen LogP contribution in [0, 0.1) is 6.92 Å². The van der Waals surface area contributed by atoms with Crippen LogP contribution in [0.1, 0.15) is 12.5 Å². The molecule has 0 radical (unpaired) electrons. The average molecular weight is 315 g/mol. The highest BCUT2D eigenvalue weighted by atomic mass is 16.5. The quantitative estimate of drug-likeness (QED) is 0.887. The number of methoxy groups -OCH3 is 2. The topological polar surface area (TPSA) is 56.8 Å². The normalized spacial score (nSPS) is 11.5. The number of nitrogens with one attached hydrogen (secondary N) is 1. The number of anilines is 1. The molecule has 5 nitrogen and oxygen atoms in total. The Hall–Kier alpha value is -2.69. The van der Waals surface area contributed by atoms with Crippen molar-refractivity contribution in [3.05, 3.63) is 48.0 Å². The van der Waals surface area contributed by atoms with E-state index < -0.39 is 6.10 Å². The lowest BCUT2D eigenvalue weighted by Gasteiger charge is -2.16. The van der Waals surface area contributed by atoms with Gasteiger partial charge in [-0.1, -0.05) is 6.07 Å². The van der Waals surface area contributed by atoms with Crippen molar-refractivity contribution in [1.82, 2.24) is 0 Å². The van der Waals surface area contributed by atoms with Crippen molar-refractivity contribution in [2.75, 3.05) is 19.5 Å². The van der Waals surface area contributed by atoms with Crippen LogP contribution < -0.4 is 19.5 Å². The predicted octanol–water partition coefficient (Wildman–Crippen LogP) is 3.42. The van der Waals surface area contributed by atoms with Gasteiger partial charge in [0.05, 0.1) is 19.9 Å². The fraction of sp³-hybridized carbons (Fsp3) is 0.278. The van der Waals surface area contributed by atoms with Gasteiger partial charge in [0, 0.05) is 0 Å². The summed E-state index contributed by atoms with van der Waals surface area (Å²) in [5.41, 5.74) is 1.66. The summed E-state index contributed by atoms with van der Waals surface area (Å²) in [6.07, 6.45) is -0.645. The van der Waals surface area contributed by atoms with E-state index in [4.69, 9.17) is 14.2 Å².